The fourth-order valence-electron chi connectivity index (χ4n) is 1.73. The molecule has 16 heavy (non-hydrogen) atoms. The van der Waals surface area contributed by atoms with E-state index in [-0.39, 0.29) is 5.54 Å². The molecule has 0 atom stereocenters. The maximum atomic E-state index is 5.29. The van der Waals surface area contributed by atoms with Crippen LogP contribution in [0.2, 0.25) is 0 Å². The molecule has 0 saturated heterocycles. The fraction of sp³-hybridized carbons (Fsp3) is 0.364. The van der Waals surface area contributed by atoms with Gasteiger partial charge in [-0.05, 0) is 32.0 Å². The molecule has 0 aromatic carbocycles. The molecule has 0 spiro atoms. The van der Waals surface area contributed by atoms with Crippen LogP contribution in [0.5, 0.6) is 0 Å². The van der Waals surface area contributed by atoms with E-state index >= 15 is 0 Å². The van der Waals surface area contributed by atoms with Gasteiger partial charge in [0.2, 0.25) is 11.7 Å². The lowest BCUT2D eigenvalue weighted by Crippen LogP contribution is -2.24. The Morgan fingerprint density at radius 1 is 1.44 bits per heavy atom. The molecule has 1 saturated carbocycles. The molecule has 0 bridgehead atoms. The first-order valence-electron chi connectivity index (χ1n) is 5.28. The minimum Gasteiger partial charge on any atom is -0.337 e. The summed E-state index contributed by atoms with van der Waals surface area (Å²) in [6, 6.07) is 3.77. The van der Waals surface area contributed by atoms with E-state index in [4.69, 9.17) is 4.52 Å². The molecule has 0 unspecified atom stereocenters. The zero-order valence-electron chi connectivity index (χ0n) is 8.97. The second kappa shape index (κ2) is 3.38. The van der Waals surface area contributed by atoms with Crippen LogP contribution >= 0.6 is 0 Å². The third-order valence-electron chi connectivity index (χ3n) is 2.98. The van der Waals surface area contributed by atoms with Crippen molar-refractivity contribution in [1.29, 1.82) is 0 Å². The van der Waals surface area contributed by atoms with Crippen LogP contribution in [-0.2, 0) is 5.54 Å². The second-order valence-corrected chi connectivity index (χ2v) is 4.00. The molecular formula is C11H12N4O. The van der Waals surface area contributed by atoms with Gasteiger partial charge in [-0.25, -0.2) is 0 Å². The number of rotatable bonds is 3. The molecule has 0 aliphatic heterocycles. The first kappa shape index (κ1) is 9.47. The first-order chi connectivity index (χ1) is 7.84. The number of hydrogen-bond acceptors (Lipinski definition) is 5. The Morgan fingerprint density at radius 3 is 2.94 bits per heavy atom. The molecule has 0 amide bonds. The standard InChI is InChI=1S/C11H12N4O/c1-12-11(4-5-11)10-14-9(15-16-10)8-3-2-6-13-7-8/h2-3,6-7,12H,4-5H2,1H3. The highest BCUT2D eigenvalue weighted by molar-refractivity contribution is 5.52. The van der Waals surface area contributed by atoms with Crippen molar-refractivity contribution in [3.8, 4) is 11.4 Å². The molecule has 5 heteroatoms. The Bertz CT molecular complexity index is 490. The van der Waals surface area contributed by atoms with Crippen LogP contribution < -0.4 is 5.32 Å². The van der Waals surface area contributed by atoms with Gasteiger partial charge in [0, 0.05) is 18.0 Å². The van der Waals surface area contributed by atoms with E-state index in [0.29, 0.717) is 11.7 Å². The van der Waals surface area contributed by atoms with Gasteiger partial charge in [-0.15, -0.1) is 0 Å². The molecule has 1 fully saturated rings. The maximum Gasteiger partial charge on any atom is 0.247 e. The Labute approximate surface area is 92.9 Å². The minimum atomic E-state index is -0.0759. The summed E-state index contributed by atoms with van der Waals surface area (Å²) in [5.74, 6) is 1.28. The largest absolute Gasteiger partial charge is 0.337 e. The van der Waals surface area contributed by atoms with Crippen molar-refractivity contribution in [1.82, 2.24) is 20.4 Å². The Balaban J connectivity index is 1.94. The van der Waals surface area contributed by atoms with Crippen molar-refractivity contribution < 1.29 is 4.52 Å². The highest BCUT2D eigenvalue weighted by Gasteiger charge is 2.48. The van der Waals surface area contributed by atoms with Crippen molar-refractivity contribution in [3.05, 3.63) is 30.4 Å². The number of pyridine rings is 1. The summed E-state index contributed by atoms with van der Waals surface area (Å²) in [5.41, 5.74) is 0.803. The topological polar surface area (TPSA) is 63.8 Å². The van der Waals surface area contributed by atoms with Crippen LogP contribution in [0.25, 0.3) is 11.4 Å². The molecule has 1 aliphatic carbocycles. The van der Waals surface area contributed by atoms with Crippen molar-refractivity contribution in [2.75, 3.05) is 7.05 Å². The lowest BCUT2D eigenvalue weighted by atomic mass is 10.2. The summed E-state index contributed by atoms with van der Waals surface area (Å²) >= 11 is 0. The van der Waals surface area contributed by atoms with Gasteiger partial charge in [-0.1, -0.05) is 5.16 Å². The molecule has 2 heterocycles. The van der Waals surface area contributed by atoms with Crippen LogP contribution in [0.3, 0.4) is 0 Å². The maximum absolute atomic E-state index is 5.29. The molecule has 82 valence electrons. The van der Waals surface area contributed by atoms with Gasteiger partial charge in [0.15, 0.2) is 0 Å². The average molecular weight is 216 g/mol. The predicted octanol–water partition coefficient (Wildman–Crippen LogP) is 1.34. The number of hydrogen-bond donors (Lipinski definition) is 1. The number of aromatic nitrogens is 3. The molecule has 1 aliphatic rings. The first-order valence-corrected chi connectivity index (χ1v) is 5.28. The third-order valence-corrected chi connectivity index (χ3v) is 2.98. The monoisotopic (exact) mass is 216 g/mol. The number of nitrogens with one attached hydrogen (secondary N) is 1. The fourth-order valence-corrected chi connectivity index (χ4v) is 1.73. The molecular weight excluding hydrogens is 204 g/mol. The summed E-state index contributed by atoms with van der Waals surface area (Å²) in [5, 5.41) is 7.20. The highest BCUT2D eigenvalue weighted by atomic mass is 16.5. The van der Waals surface area contributed by atoms with Gasteiger partial charge < -0.3 is 9.84 Å². The summed E-state index contributed by atoms with van der Waals surface area (Å²) in [4.78, 5) is 8.44. The molecule has 3 rings (SSSR count). The Hall–Kier alpha value is -1.75. The van der Waals surface area contributed by atoms with Crippen LogP contribution in [0.15, 0.2) is 29.0 Å². The summed E-state index contributed by atoms with van der Waals surface area (Å²) in [7, 11) is 1.92. The van der Waals surface area contributed by atoms with E-state index in [1.54, 1.807) is 12.4 Å². The molecule has 5 nitrogen and oxygen atoms in total. The van der Waals surface area contributed by atoms with E-state index in [1.807, 2.05) is 19.2 Å². The van der Waals surface area contributed by atoms with Gasteiger partial charge in [-0.2, -0.15) is 4.98 Å². The van der Waals surface area contributed by atoms with Crippen LogP contribution in [0, 0.1) is 0 Å². The van der Waals surface area contributed by atoms with E-state index < -0.39 is 0 Å². The SMILES string of the molecule is CNC1(c2nc(-c3cccnc3)no2)CC1. The van der Waals surface area contributed by atoms with E-state index in [1.165, 1.54) is 0 Å². The number of nitrogens with zero attached hydrogens (tertiary/aromatic N) is 3. The van der Waals surface area contributed by atoms with Crippen molar-refractivity contribution in [2.45, 2.75) is 18.4 Å². The summed E-state index contributed by atoms with van der Waals surface area (Å²) in [6.45, 7) is 0. The van der Waals surface area contributed by atoms with Gasteiger partial charge in [0.05, 0.1) is 5.54 Å². The normalized spacial score (nSPS) is 17.3. The van der Waals surface area contributed by atoms with Crippen LogP contribution in [0.4, 0.5) is 0 Å². The van der Waals surface area contributed by atoms with Gasteiger partial charge in [0.25, 0.3) is 0 Å². The Kier molecular flexibility index (Phi) is 2.00. The summed E-state index contributed by atoms with van der Waals surface area (Å²) in [6.07, 6.45) is 5.56. The minimum absolute atomic E-state index is 0.0759. The van der Waals surface area contributed by atoms with Crippen molar-refractivity contribution in [3.63, 3.8) is 0 Å². The average Bonchev–Trinajstić information content (AvgIpc) is 3.00. The third kappa shape index (κ3) is 1.40. The lowest BCUT2D eigenvalue weighted by Gasteiger charge is -2.06. The van der Waals surface area contributed by atoms with Crippen LogP contribution in [0.1, 0.15) is 18.7 Å². The van der Waals surface area contributed by atoms with Gasteiger partial charge in [-0.3, -0.25) is 4.98 Å². The zero-order valence-corrected chi connectivity index (χ0v) is 8.97. The predicted molar refractivity (Wildman–Crippen MR) is 57.5 cm³/mol. The molecule has 2 aromatic rings. The summed E-state index contributed by atoms with van der Waals surface area (Å²) < 4.78 is 5.29. The van der Waals surface area contributed by atoms with Crippen LogP contribution in [-0.4, -0.2) is 22.2 Å². The highest BCUT2D eigenvalue weighted by Crippen LogP contribution is 2.44. The van der Waals surface area contributed by atoms with Crippen molar-refractivity contribution >= 4 is 0 Å². The lowest BCUT2D eigenvalue weighted by molar-refractivity contribution is 0.328. The van der Waals surface area contributed by atoms with Gasteiger partial charge in [0.1, 0.15) is 0 Å². The van der Waals surface area contributed by atoms with E-state index in [2.05, 4.69) is 20.4 Å². The van der Waals surface area contributed by atoms with E-state index in [0.717, 1.165) is 18.4 Å². The second-order valence-electron chi connectivity index (χ2n) is 4.00. The van der Waals surface area contributed by atoms with Gasteiger partial charge >= 0.3 is 0 Å². The van der Waals surface area contributed by atoms with Crippen molar-refractivity contribution in [2.24, 2.45) is 0 Å². The molecule has 0 radical (unpaired) electrons. The zero-order chi connectivity index (χ0) is 11.0. The Morgan fingerprint density at radius 2 is 2.31 bits per heavy atom. The molecule has 1 N–H and O–H groups in total. The quantitative estimate of drug-likeness (QED) is 0.838. The molecule has 2 aromatic heterocycles. The smallest absolute Gasteiger partial charge is 0.247 e. The van der Waals surface area contributed by atoms with E-state index in [9.17, 15) is 0 Å².